The van der Waals surface area contributed by atoms with E-state index in [1.807, 2.05) is 30.5 Å². The molecule has 9 heteroatoms. The van der Waals surface area contributed by atoms with Crippen LogP contribution in [-0.2, 0) is 9.53 Å². The van der Waals surface area contributed by atoms with Crippen LogP contribution in [0.3, 0.4) is 0 Å². The fraction of sp³-hybridized carbons (Fsp3) is 0.391. The van der Waals surface area contributed by atoms with Crippen molar-refractivity contribution in [2.24, 2.45) is 0 Å². The van der Waals surface area contributed by atoms with Crippen LogP contribution < -0.4 is 4.90 Å². The molecule has 0 spiro atoms. The van der Waals surface area contributed by atoms with Crippen molar-refractivity contribution < 1.29 is 14.3 Å². The van der Waals surface area contributed by atoms with Gasteiger partial charge in [0.05, 0.1) is 11.1 Å². The zero-order chi connectivity index (χ0) is 22.7. The largest absolute Gasteiger partial charge is 0.452 e. The maximum absolute atomic E-state index is 12.7. The number of piperazine rings is 1. The van der Waals surface area contributed by atoms with Crippen LogP contribution in [0.5, 0.6) is 0 Å². The van der Waals surface area contributed by atoms with Crippen LogP contribution in [0.15, 0.2) is 35.4 Å². The molecule has 0 N–H and O–H groups in total. The van der Waals surface area contributed by atoms with Gasteiger partial charge in [-0.1, -0.05) is 17.7 Å². The van der Waals surface area contributed by atoms with Crippen LogP contribution >= 0.6 is 23.4 Å². The number of amides is 1. The second-order valence-corrected chi connectivity index (χ2v) is 9.02. The van der Waals surface area contributed by atoms with E-state index in [0.717, 1.165) is 24.2 Å². The Hall–Kier alpha value is -2.76. The van der Waals surface area contributed by atoms with E-state index in [1.54, 1.807) is 11.0 Å². The van der Waals surface area contributed by atoms with Crippen molar-refractivity contribution in [1.29, 1.82) is 5.26 Å². The number of anilines is 1. The highest BCUT2D eigenvalue weighted by atomic mass is 35.5. The molecule has 1 aromatic carbocycles. The number of carbonyl (C=O) groups excluding carboxylic acids is 2. The Bertz CT molecular complexity index is 1080. The fourth-order valence-electron chi connectivity index (χ4n) is 3.73. The average Bonchev–Trinajstić information content (AvgIpc) is 3.67. The van der Waals surface area contributed by atoms with Gasteiger partial charge in [0.15, 0.2) is 6.61 Å². The molecule has 4 rings (SSSR count). The molecule has 0 unspecified atom stereocenters. The SMILES string of the molecule is CSc1nc(C2CC2)cc(C(=O)OCC(=O)N2CCN(c3cccc(Cl)c3)CC2)c1C#N. The van der Waals surface area contributed by atoms with Crippen LogP contribution in [0.2, 0.25) is 5.02 Å². The summed E-state index contributed by atoms with van der Waals surface area (Å²) in [6, 6.07) is 11.3. The summed E-state index contributed by atoms with van der Waals surface area (Å²) in [6.45, 7) is 2.06. The number of nitriles is 1. The summed E-state index contributed by atoms with van der Waals surface area (Å²) in [4.78, 5) is 33.7. The van der Waals surface area contributed by atoms with Crippen LogP contribution in [0.4, 0.5) is 5.69 Å². The van der Waals surface area contributed by atoms with E-state index in [1.165, 1.54) is 11.8 Å². The van der Waals surface area contributed by atoms with Crippen molar-refractivity contribution in [3.63, 3.8) is 0 Å². The summed E-state index contributed by atoms with van der Waals surface area (Å²) < 4.78 is 5.32. The highest BCUT2D eigenvalue weighted by Crippen LogP contribution is 2.40. The summed E-state index contributed by atoms with van der Waals surface area (Å²) in [5.41, 5.74) is 2.22. The Morgan fingerprint density at radius 3 is 2.62 bits per heavy atom. The van der Waals surface area contributed by atoms with E-state index in [0.29, 0.717) is 42.1 Å². The number of nitrogens with zero attached hydrogens (tertiary/aromatic N) is 4. The third-order valence-corrected chi connectivity index (χ3v) is 6.58. The first kappa shape index (κ1) is 22.4. The molecule has 2 aromatic rings. The molecule has 0 bridgehead atoms. The van der Waals surface area contributed by atoms with Crippen molar-refractivity contribution in [3.05, 3.63) is 52.2 Å². The predicted octanol–water partition coefficient (Wildman–Crippen LogP) is 3.71. The molecule has 1 aromatic heterocycles. The molecule has 1 amide bonds. The summed E-state index contributed by atoms with van der Waals surface area (Å²) in [7, 11) is 0. The smallest absolute Gasteiger partial charge is 0.340 e. The molecular weight excluding hydrogens is 448 g/mol. The molecule has 1 saturated heterocycles. The average molecular weight is 471 g/mol. The molecule has 32 heavy (non-hydrogen) atoms. The van der Waals surface area contributed by atoms with Crippen LogP contribution in [-0.4, -0.2) is 60.8 Å². The Morgan fingerprint density at radius 1 is 1.25 bits per heavy atom. The normalized spacial score (nSPS) is 15.9. The van der Waals surface area contributed by atoms with Gasteiger partial charge >= 0.3 is 5.97 Å². The topological polar surface area (TPSA) is 86.5 Å². The van der Waals surface area contributed by atoms with Gasteiger partial charge < -0.3 is 14.5 Å². The maximum atomic E-state index is 12.7. The van der Waals surface area contributed by atoms with Crippen molar-refractivity contribution in [2.45, 2.75) is 23.8 Å². The van der Waals surface area contributed by atoms with Gasteiger partial charge in [-0.15, -0.1) is 11.8 Å². The predicted molar refractivity (Wildman–Crippen MR) is 123 cm³/mol. The summed E-state index contributed by atoms with van der Waals surface area (Å²) >= 11 is 7.40. The monoisotopic (exact) mass is 470 g/mol. The van der Waals surface area contributed by atoms with E-state index < -0.39 is 5.97 Å². The highest BCUT2D eigenvalue weighted by molar-refractivity contribution is 7.98. The minimum Gasteiger partial charge on any atom is -0.452 e. The van der Waals surface area contributed by atoms with E-state index in [-0.39, 0.29) is 23.6 Å². The minimum atomic E-state index is -0.660. The minimum absolute atomic E-state index is 0.187. The van der Waals surface area contributed by atoms with Gasteiger partial charge in [-0.25, -0.2) is 9.78 Å². The lowest BCUT2D eigenvalue weighted by Crippen LogP contribution is -2.49. The lowest BCUT2D eigenvalue weighted by Gasteiger charge is -2.36. The number of thioether (sulfide) groups is 1. The lowest BCUT2D eigenvalue weighted by molar-refractivity contribution is -0.134. The molecule has 2 fully saturated rings. The Morgan fingerprint density at radius 2 is 2.00 bits per heavy atom. The number of carbonyl (C=O) groups is 2. The number of aromatic nitrogens is 1. The van der Waals surface area contributed by atoms with Gasteiger partial charge in [-0.3, -0.25) is 4.79 Å². The molecule has 1 saturated carbocycles. The molecule has 2 aliphatic rings. The van der Waals surface area contributed by atoms with Gasteiger partial charge in [-0.2, -0.15) is 5.26 Å². The van der Waals surface area contributed by atoms with Crippen molar-refractivity contribution in [1.82, 2.24) is 9.88 Å². The third kappa shape index (κ3) is 5.00. The van der Waals surface area contributed by atoms with Crippen LogP contribution in [0.25, 0.3) is 0 Å². The number of hydrogen-bond acceptors (Lipinski definition) is 7. The first-order valence-corrected chi connectivity index (χ1v) is 12.0. The number of pyridine rings is 1. The summed E-state index contributed by atoms with van der Waals surface area (Å²) in [5.74, 6) is -0.575. The first-order chi connectivity index (χ1) is 15.5. The molecule has 1 aliphatic carbocycles. The molecule has 0 atom stereocenters. The van der Waals surface area contributed by atoms with Crippen molar-refractivity contribution >= 4 is 40.9 Å². The number of rotatable bonds is 6. The van der Waals surface area contributed by atoms with Gasteiger partial charge in [0.25, 0.3) is 5.91 Å². The summed E-state index contributed by atoms with van der Waals surface area (Å²) in [5, 5.41) is 10.7. The number of halogens is 1. The molecule has 7 nitrogen and oxygen atoms in total. The zero-order valence-corrected chi connectivity index (χ0v) is 19.3. The Balaban J connectivity index is 1.36. The number of esters is 1. The number of benzene rings is 1. The molecular formula is C23H23ClN4O3S. The van der Waals surface area contributed by atoms with Crippen LogP contribution in [0.1, 0.15) is 40.4 Å². The van der Waals surface area contributed by atoms with Crippen molar-refractivity contribution in [3.8, 4) is 6.07 Å². The van der Waals surface area contributed by atoms with Gasteiger partial charge in [0, 0.05) is 48.5 Å². The Kier molecular flexibility index (Phi) is 6.87. The van der Waals surface area contributed by atoms with E-state index >= 15 is 0 Å². The van der Waals surface area contributed by atoms with Crippen LogP contribution in [0, 0.1) is 11.3 Å². The lowest BCUT2D eigenvalue weighted by atomic mass is 10.1. The standard InChI is InChI=1S/C23H23ClN4O3S/c1-32-22-19(13-25)18(12-20(26-22)15-5-6-15)23(30)31-14-21(29)28-9-7-27(8-10-28)17-4-2-3-16(24)11-17/h2-4,11-12,15H,5-10,14H2,1H3. The molecule has 1 aliphatic heterocycles. The number of ether oxygens (including phenoxy) is 1. The second kappa shape index (κ2) is 9.80. The number of hydrogen-bond donors (Lipinski definition) is 0. The van der Waals surface area contributed by atoms with Gasteiger partial charge in [-0.05, 0) is 43.4 Å². The third-order valence-electron chi connectivity index (χ3n) is 5.66. The quantitative estimate of drug-likeness (QED) is 0.469. The second-order valence-electron chi connectivity index (χ2n) is 7.79. The van der Waals surface area contributed by atoms with E-state index in [9.17, 15) is 14.9 Å². The highest BCUT2D eigenvalue weighted by Gasteiger charge is 2.29. The summed E-state index contributed by atoms with van der Waals surface area (Å²) in [6.07, 6.45) is 3.88. The Labute approximate surface area is 196 Å². The van der Waals surface area contributed by atoms with Gasteiger partial charge in [0.2, 0.25) is 0 Å². The fourth-order valence-corrected chi connectivity index (χ4v) is 4.47. The maximum Gasteiger partial charge on any atom is 0.340 e. The van der Waals surface area contributed by atoms with Gasteiger partial charge in [0.1, 0.15) is 11.1 Å². The van der Waals surface area contributed by atoms with E-state index in [2.05, 4.69) is 16.0 Å². The molecule has 166 valence electrons. The first-order valence-electron chi connectivity index (χ1n) is 10.4. The van der Waals surface area contributed by atoms with E-state index in [4.69, 9.17) is 16.3 Å². The zero-order valence-electron chi connectivity index (χ0n) is 17.7. The molecule has 2 heterocycles. The van der Waals surface area contributed by atoms with Crippen molar-refractivity contribution in [2.75, 3.05) is 43.9 Å². The molecule has 0 radical (unpaired) electrons.